The predicted octanol–water partition coefficient (Wildman–Crippen LogP) is 5.14. The number of hydrogen-bond acceptors (Lipinski definition) is 3. The van der Waals surface area contributed by atoms with Crippen molar-refractivity contribution in [2.45, 2.75) is 31.7 Å². The molecule has 0 radical (unpaired) electrons. The summed E-state index contributed by atoms with van der Waals surface area (Å²) in [6, 6.07) is 20.8. The van der Waals surface area contributed by atoms with E-state index in [-0.39, 0.29) is 23.4 Å². The average Bonchev–Trinajstić information content (AvgIpc) is 2.73. The van der Waals surface area contributed by atoms with Gasteiger partial charge in [0.1, 0.15) is 6.54 Å². The molecule has 0 unspecified atom stereocenters. The molecule has 1 atom stereocenters. The van der Waals surface area contributed by atoms with Crippen molar-refractivity contribution in [2.24, 2.45) is 0 Å². The molecule has 1 amide bonds. The minimum absolute atomic E-state index is 0.133. The molecule has 0 aliphatic carbocycles. The first-order chi connectivity index (χ1) is 14.7. The number of carbonyl (C=O) groups is 1. The van der Waals surface area contributed by atoms with Gasteiger partial charge in [-0.1, -0.05) is 57.9 Å². The first-order valence-electron chi connectivity index (χ1n) is 9.88. The van der Waals surface area contributed by atoms with E-state index in [0.29, 0.717) is 5.69 Å². The highest BCUT2D eigenvalue weighted by Crippen LogP contribution is 2.25. The third kappa shape index (κ3) is 5.54. The van der Waals surface area contributed by atoms with E-state index in [1.54, 1.807) is 42.5 Å². The lowest BCUT2D eigenvalue weighted by atomic mass is 10.0. The fourth-order valence-electron chi connectivity index (χ4n) is 3.45. The molecule has 0 aliphatic rings. The highest BCUT2D eigenvalue weighted by molar-refractivity contribution is 9.10. The molecule has 3 rings (SSSR count). The van der Waals surface area contributed by atoms with Crippen LogP contribution >= 0.6 is 15.9 Å². The maximum atomic E-state index is 13.3. The van der Waals surface area contributed by atoms with Crippen LogP contribution in [0.1, 0.15) is 29.7 Å². The molecule has 3 aromatic carbocycles. The van der Waals surface area contributed by atoms with Gasteiger partial charge in [-0.15, -0.1) is 0 Å². The van der Waals surface area contributed by atoms with Crippen molar-refractivity contribution in [3.63, 3.8) is 0 Å². The average molecular weight is 501 g/mol. The Morgan fingerprint density at radius 1 is 1.00 bits per heavy atom. The van der Waals surface area contributed by atoms with Crippen molar-refractivity contribution in [3.8, 4) is 0 Å². The van der Waals surface area contributed by atoms with E-state index in [2.05, 4.69) is 27.3 Å². The summed E-state index contributed by atoms with van der Waals surface area (Å²) in [7, 11) is -3.92. The molecule has 0 aromatic heterocycles. The number of carbonyl (C=O) groups excluding carboxylic acids is 1. The molecule has 0 heterocycles. The van der Waals surface area contributed by atoms with Crippen LogP contribution in [0.5, 0.6) is 0 Å². The molecule has 0 bridgehead atoms. The fourth-order valence-corrected chi connectivity index (χ4v) is 5.16. The zero-order valence-electron chi connectivity index (χ0n) is 17.7. The number of hydrogen-bond donors (Lipinski definition) is 1. The molecule has 31 heavy (non-hydrogen) atoms. The van der Waals surface area contributed by atoms with Crippen LogP contribution in [0.2, 0.25) is 0 Å². The van der Waals surface area contributed by atoms with Crippen LogP contribution in [0.3, 0.4) is 0 Å². The van der Waals surface area contributed by atoms with E-state index in [9.17, 15) is 13.2 Å². The predicted molar refractivity (Wildman–Crippen MR) is 128 cm³/mol. The van der Waals surface area contributed by atoms with Crippen LogP contribution in [0, 0.1) is 13.8 Å². The summed E-state index contributed by atoms with van der Waals surface area (Å²) in [6.07, 6.45) is 0. The van der Waals surface area contributed by atoms with Gasteiger partial charge >= 0.3 is 0 Å². The Labute approximate surface area is 192 Å². The third-order valence-electron chi connectivity index (χ3n) is 5.00. The maximum absolute atomic E-state index is 13.3. The van der Waals surface area contributed by atoms with E-state index in [1.807, 2.05) is 32.9 Å². The van der Waals surface area contributed by atoms with Gasteiger partial charge < -0.3 is 5.32 Å². The number of amides is 1. The number of nitrogens with one attached hydrogen (secondary N) is 1. The lowest BCUT2D eigenvalue weighted by Gasteiger charge is -2.25. The van der Waals surface area contributed by atoms with Crippen LogP contribution in [0.4, 0.5) is 5.69 Å². The molecular formula is C24H25BrN2O3S. The normalized spacial score (nSPS) is 12.3. The molecule has 5 nitrogen and oxygen atoms in total. The summed E-state index contributed by atoms with van der Waals surface area (Å²) in [6.45, 7) is 5.59. The van der Waals surface area contributed by atoms with Gasteiger partial charge in [0.05, 0.1) is 16.6 Å². The Kier molecular flexibility index (Phi) is 7.18. The molecule has 0 aliphatic heterocycles. The second-order valence-electron chi connectivity index (χ2n) is 7.45. The molecule has 0 saturated carbocycles. The van der Waals surface area contributed by atoms with Gasteiger partial charge in [0.2, 0.25) is 5.91 Å². The molecule has 1 N–H and O–H groups in total. The first-order valence-corrected chi connectivity index (χ1v) is 12.1. The quantitative estimate of drug-likeness (QED) is 0.488. The van der Waals surface area contributed by atoms with E-state index < -0.39 is 10.0 Å². The monoisotopic (exact) mass is 500 g/mol. The molecular weight excluding hydrogens is 476 g/mol. The molecule has 7 heteroatoms. The Hall–Kier alpha value is -2.64. The number of benzene rings is 3. The standard InChI is InChI=1S/C24H25BrN2O3S/c1-17-9-14-23(18(2)15-17)19(3)26-24(28)16-27(21-12-10-20(25)11-13-21)31(29,30)22-7-5-4-6-8-22/h4-15,19H,16H2,1-3H3,(H,26,28)/t19-/m0/s1. The second kappa shape index (κ2) is 9.66. The lowest BCUT2D eigenvalue weighted by molar-refractivity contribution is -0.120. The minimum Gasteiger partial charge on any atom is -0.348 e. The van der Waals surface area contributed by atoms with Crippen LogP contribution < -0.4 is 9.62 Å². The molecule has 3 aromatic rings. The Balaban J connectivity index is 1.88. The highest BCUT2D eigenvalue weighted by atomic mass is 79.9. The summed E-state index contributed by atoms with van der Waals surface area (Å²) < 4.78 is 28.6. The van der Waals surface area contributed by atoms with Gasteiger partial charge in [0, 0.05) is 4.47 Å². The Morgan fingerprint density at radius 3 is 2.26 bits per heavy atom. The minimum atomic E-state index is -3.92. The van der Waals surface area contributed by atoms with Gasteiger partial charge in [0.15, 0.2) is 0 Å². The van der Waals surface area contributed by atoms with Gasteiger partial charge in [0.25, 0.3) is 10.0 Å². The Morgan fingerprint density at radius 2 is 1.65 bits per heavy atom. The lowest BCUT2D eigenvalue weighted by Crippen LogP contribution is -2.41. The second-order valence-corrected chi connectivity index (χ2v) is 10.2. The van der Waals surface area contributed by atoms with Crippen molar-refractivity contribution in [1.29, 1.82) is 0 Å². The van der Waals surface area contributed by atoms with E-state index in [4.69, 9.17) is 0 Å². The van der Waals surface area contributed by atoms with E-state index in [0.717, 1.165) is 25.5 Å². The summed E-state index contributed by atoms with van der Waals surface area (Å²) in [5.41, 5.74) is 3.64. The summed E-state index contributed by atoms with van der Waals surface area (Å²) in [5, 5.41) is 2.94. The SMILES string of the molecule is Cc1ccc([C@H](C)NC(=O)CN(c2ccc(Br)cc2)S(=O)(=O)c2ccccc2)c(C)c1. The van der Waals surface area contributed by atoms with E-state index >= 15 is 0 Å². The molecule has 162 valence electrons. The van der Waals surface area contributed by atoms with Crippen LogP contribution in [-0.4, -0.2) is 20.9 Å². The molecule has 0 fully saturated rings. The number of sulfonamides is 1. The third-order valence-corrected chi connectivity index (χ3v) is 7.32. The molecule has 0 spiro atoms. The highest BCUT2D eigenvalue weighted by Gasteiger charge is 2.27. The number of anilines is 1. The van der Waals surface area contributed by atoms with Gasteiger partial charge in [-0.25, -0.2) is 8.42 Å². The van der Waals surface area contributed by atoms with Crippen molar-refractivity contribution in [2.75, 3.05) is 10.8 Å². The smallest absolute Gasteiger partial charge is 0.264 e. The topological polar surface area (TPSA) is 66.5 Å². The zero-order valence-corrected chi connectivity index (χ0v) is 20.1. The van der Waals surface area contributed by atoms with Crippen molar-refractivity contribution < 1.29 is 13.2 Å². The number of nitrogens with zero attached hydrogens (tertiary/aromatic N) is 1. The van der Waals surface area contributed by atoms with Crippen molar-refractivity contribution in [3.05, 3.63) is 94.0 Å². The molecule has 0 saturated heterocycles. The van der Waals surface area contributed by atoms with E-state index in [1.165, 1.54) is 12.1 Å². The number of aryl methyl sites for hydroxylation is 2. The number of halogens is 1. The largest absolute Gasteiger partial charge is 0.348 e. The van der Waals surface area contributed by atoms with Crippen molar-refractivity contribution >= 4 is 37.5 Å². The van der Waals surface area contributed by atoms with Gasteiger partial charge in [-0.2, -0.15) is 0 Å². The summed E-state index contributed by atoms with van der Waals surface area (Å²) >= 11 is 3.36. The Bertz CT molecular complexity index is 1160. The summed E-state index contributed by atoms with van der Waals surface area (Å²) in [4.78, 5) is 13.0. The van der Waals surface area contributed by atoms with Crippen LogP contribution in [0.15, 0.2) is 82.2 Å². The van der Waals surface area contributed by atoms with Crippen LogP contribution in [-0.2, 0) is 14.8 Å². The number of rotatable bonds is 7. The fraction of sp³-hybridized carbons (Fsp3) is 0.208. The first kappa shape index (κ1) is 23.0. The van der Waals surface area contributed by atoms with Gasteiger partial charge in [-0.05, 0) is 68.3 Å². The van der Waals surface area contributed by atoms with Gasteiger partial charge in [-0.3, -0.25) is 9.10 Å². The summed E-state index contributed by atoms with van der Waals surface area (Å²) in [5.74, 6) is -0.380. The zero-order chi connectivity index (χ0) is 22.6. The van der Waals surface area contributed by atoms with Crippen LogP contribution in [0.25, 0.3) is 0 Å². The maximum Gasteiger partial charge on any atom is 0.264 e. The van der Waals surface area contributed by atoms with Crippen molar-refractivity contribution in [1.82, 2.24) is 5.32 Å².